The fourth-order valence-corrected chi connectivity index (χ4v) is 5.23. The summed E-state index contributed by atoms with van der Waals surface area (Å²) >= 11 is 1.57. The first-order valence-corrected chi connectivity index (χ1v) is 9.86. The smallest absolute Gasteiger partial charge is 0.226 e. The highest BCUT2D eigenvalue weighted by Gasteiger charge is 2.34. The highest BCUT2D eigenvalue weighted by atomic mass is 32.1. The highest BCUT2D eigenvalue weighted by Crippen LogP contribution is 2.33. The number of amides is 1. The molecule has 0 aromatic carbocycles. The molecule has 2 bridgehead atoms. The van der Waals surface area contributed by atoms with Gasteiger partial charge in [0.25, 0.3) is 0 Å². The first-order valence-electron chi connectivity index (χ1n) is 8.98. The van der Waals surface area contributed by atoms with E-state index in [0.717, 1.165) is 49.6 Å². The lowest BCUT2D eigenvalue weighted by Crippen LogP contribution is -2.39. The van der Waals surface area contributed by atoms with E-state index >= 15 is 0 Å². The second-order valence-electron chi connectivity index (χ2n) is 7.33. The Bertz CT molecular complexity index is 543. The average molecular weight is 334 g/mol. The number of piperidine rings is 2. The van der Waals surface area contributed by atoms with Crippen molar-refractivity contribution in [2.24, 2.45) is 5.92 Å². The second-order valence-corrected chi connectivity index (χ2v) is 8.19. The van der Waals surface area contributed by atoms with E-state index < -0.39 is 0 Å². The van der Waals surface area contributed by atoms with E-state index in [2.05, 4.69) is 26.3 Å². The van der Waals surface area contributed by atoms with E-state index in [1.54, 1.807) is 11.3 Å². The molecule has 5 nitrogen and oxygen atoms in total. The van der Waals surface area contributed by atoms with Crippen LogP contribution in [0.4, 0.5) is 5.13 Å². The normalized spacial score (nSPS) is 31.2. The van der Waals surface area contributed by atoms with Crippen molar-refractivity contribution < 1.29 is 4.79 Å². The van der Waals surface area contributed by atoms with Crippen LogP contribution in [0, 0.1) is 5.92 Å². The molecular formula is C17H26N4OS. The van der Waals surface area contributed by atoms with E-state index in [-0.39, 0.29) is 5.91 Å². The zero-order chi connectivity index (χ0) is 15.6. The Labute approximate surface area is 141 Å². The van der Waals surface area contributed by atoms with Crippen LogP contribution in [0.25, 0.3) is 0 Å². The van der Waals surface area contributed by atoms with Crippen molar-refractivity contribution in [3.63, 3.8) is 0 Å². The van der Waals surface area contributed by atoms with Gasteiger partial charge in [-0.05, 0) is 57.5 Å². The van der Waals surface area contributed by atoms with Gasteiger partial charge in [0.15, 0.2) is 5.13 Å². The van der Waals surface area contributed by atoms with Crippen LogP contribution < -0.4 is 16.0 Å². The summed E-state index contributed by atoms with van der Waals surface area (Å²) in [5.74, 6) is 1.23. The average Bonchev–Trinajstić information content (AvgIpc) is 3.15. The van der Waals surface area contributed by atoms with Crippen molar-refractivity contribution in [1.29, 1.82) is 0 Å². The van der Waals surface area contributed by atoms with Gasteiger partial charge in [0.1, 0.15) is 0 Å². The van der Waals surface area contributed by atoms with Gasteiger partial charge in [-0.3, -0.25) is 4.79 Å². The molecule has 2 unspecified atom stereocenters. The quantitative estimate of drug-likeness (QED) is 0.791. The number of hydrogen-bond acceptors (Lipinski definition) is 5. The molecular weight excluding hydrogens is 308 g/mol. The lowest BCUT2D eigenvalue weighted by Gasteiger charge is -2.28. The van der Waals surface area contributed by atoms with Crippen molar-refractivity contribution in [1.82, 2.24) is 15.6 Å². The molecule has 1 amide bonds. The fourth-order valence-electron chi connectivity index (χ4n) is 4.42. The van der Waals surface area contributed by atoms with Crippen molar-refractivity contribution in [3.05, 3.63) is 11.1 Å². The molecule has 3 saturated heterocycles. The Hall–Kier alpha value is -0.980. The number of anilines is 1. The molecule has 3 N–H and O–H groups in total. The number of fused-ring (bicyclic) bond motifs is 2. The van der Waals surface area contributed by atoms with Crippen LogP contribution in [0.3, 0.4) is 0 Å². The molecule has 3 fully saturated rings. The summed E-state index contributed by atoms with van der Waals surface area (Å²) in [6.45, 7) is 2.14. The van der Waals surface area contributed by atoms with Gasteiger partial charge in [-0.1, -0.05) is 0 Å². The van der Waals surface area contributed by atoms with Crippen LogP contribution in [0.5, 0.6) is 0 Å². The maximum atomic E-state index is 12.3. The third-order valence-electron chi connectivity index (χ3n) is 5.57. The van der Waals surface area contributed by atoms with Gasteiger partial charge < -0.3 is 16.0 Å². The molecule has 0 aliphatic carbocycles. The number of nitrogens with one attached hydrogen (secondary N) is 3. The third kappa shape index (κ3) is 3.75. The van der Waals surface area contributed by atoms with Gasteiger partial charge in [-0.15, -0.1) is 11.3 Å². The minimum atomic E-state index is 0.141. The number of carbonyl (C=O) groups excluding carboxylic acids is 1. The Morgan fingerprint density at radius 3 is 2.70 bits per heavy atom. The van der Waals surface area contributed by atoms with Crippen molar-refractivity contribution >= 4 is 22.4 Å². The standard InChI is InChI=1S/C17H26N4OS/c22-16(9-11-7-13-1-2-14(8-11)19-13)21-17-20-15(10-23-17)12-3-5-18-6-4-12/h10-14,18-19H,1-9H2,(H,20,21,22). The van der Waals surface area contributed by atoms with Gasteiger partial charge in [0.2, 0.25) is 5.91 Å². The molecule has 1 aromatic rings. The first-order chi connectivity index (χ1) is 11.3. The molecule has 1 aromatic heterocycles. The van der Waals surface area contributed by atoms with Gasteiger partial charge >= 0.3 is 0 Å². The number of hydrogen-bond donors (Lipinski definition) is 3. The summed E-state index contributed by atoms with van der Waals surface area (Å²) in [5, 5.41) is 12.9. The molecule has 3 aliphatic heterocycles. The maximum absolute atomic E-state index is 12.3. The van der Waals surface area contributed by atoms with Gasteiger partial charge in [-0.25, -0.2) is 4.98 Å². The predicted octanol–water partition coefficient (Wildman–Crippen LogP) is 2.47. The molecule has 126 valence electrons. The Balaban J connectivity index is 1.29. The van der Waals surface area contributed by atoms with Crippen LogP contribution >= 0.6 is 11.3 Å². The van der Waals surface area contributed by atoms with Crippen molar-refractivity contribution in [2.45, 2.75) is 62.9 Å². The van der Waals surface area contributed by atoms with Gasteiger partial charge in [-0.2, -0.15) is 0 Å². The number of carbonyl (C=O) groups is 1. The molecule has 2 atom stereocenters. The summed E-state index contributed by atoms with van der Waals surface area (Å²) in [4.78, 5) is 17.0. The number of rotatable bonds is 4. The summed E-state index contributed by atoms with van der Waals surface area (Å²) in [5.41, 5.74) is 1.16. The second kappa shape index (κ2) is 6.87. The monoisotopic (exact) mass is 334 g/mol. The van der Waals surface area contributed by atoms with E-state index in [1.807, 2.05) is 0 Å². The summed E-state index contributed by atoms with van der Waals surface area (Å²) in [6.07, 6.45) is 7.83. The first kappa shape index (κ1) is 15.5. The van der Waals surface area contributed by atoms with E-state index in [4.69, 9.17) is 0 Å². The van der Waals surface area contributed by atoms with E-state index in [9.17, 15) is 4.79 Å². The molecule has 23 heavy (non-hydrogen) atoms. The molecule has 3 aliphatic rings. The lowest BCUT2D eigenvalue weighted by atomic mass is 9.89. The molecule has 4 rings (SSSR count). The summed E-state index contributed by atoms with van der Waals surface area (Å²) < 4.78 is 0. The zero-order valence-corrected chi connectivity index (χ0v) is 14.3. The van der Waals surface area contributed by atoms with Crippen LogP contribution in [-0.2, 0) is 4.79 Å². The van der Waals surface area contributed by atoms with E-state index in [0.29, 0.717) is 30.3 Å². The van der Waals surface area contributed by atoms with E-state index in [1.165, 1.54) is 12.8 Å². The molecule has 6 heteroatoms. The van der Waals surface area contributed by atoms with Crippen LogP contribution in [-0.4, -0.2) is 36.1 Å². The highest BCUT2D eigenvalue weighted by molar-refractivity contribution is 7.13. The molecule has 0 saturated carbocycles. The molecule has 4 heterocycles. The molecule has 0 spiro atoms. The Kier molecular flexibility index (Phi) is 4.64. The van der Waals surface area contributed by atoms with Crippen molar-refractivity contribution in [3.8, 4) is 0 Å². The largest absolute Gasteiger partial charge is 0.317 e. The van der Waals surface area contributed by atoms with Crippen LogP contribution in [0.2, 0.25) is 0 Å². The fraction of sp³-hybridized carbons (Fsp3) is 0.765. The number of thiazole rings is 1. The topological polar surface area (TPSA) is 66.0 Å². The van der Waals surface area contributed by atoms with Gasteiger partial charge in [0.05, 0.1) is 5.69 Å². The molecule has 0 radical (unpaired) electrons. The maximum Gasteiger partial charge on any atom is 0.226 e. The Morgan fingerprint density at radius 2 is 1.96 bits per heavy atom. The van der Waals surface area contributed by atoms with Crippen LogP contribution in [0.1, 0.15) is 56.6 Å². The number of aromatic nitrogens is 1. The summed E-state index contributed by atoms with van der Waals surface area (Å²) in [6, 6.07) is 1.30. The third-order valence-corrected chi connectivity index (χ3v) is 6.35. The SMILES string of the molecule is O=C(CC1CC2CCC(C1)N2)Nc1nc(C2CCNCC2)cs1. The van der Waals surface area contributed by atoms with Crippen molar-refractivity contribution in [2.75, 3.05) is 18.4 Å². The summed E-state index contributed by atoms with van der Waals surface area (Å²) in [7, 11) is 0. The van der Waals surface area contributed by atoms with Crippen LogP contribution in [0.15, 0.2) is 5.38 Å². The van der Waals surface area contributed by atoms with Gasteiger partial charge in [0, 0.05) is 29.8 Å². The predicted molar refractivity (Wildman–Crippen MR) is 92.9 cm³/mol. The lowest BCUT2D eigenvalue weighted by molar-refractivity contribution is -0.117. The zero-order valence-electron chi connectivity index (χ0n) is 13.5. The minimum Gasteiger partial charge on any atom is -0.317 e. The minimum absolute atomic E-state index is 0.141. The number of nitrogens with zero attached hydrogens (tertiary/aromatic N) is 1. The Morgan fingerprint density at radius 1 is 1.22 bits per heavy atom.